The zero-order valence-corrected chi connectivity index (χ0v) is 31.1. The van der Waals surface area contributed by atoms with E-state index in [1.165, 1.54) is 41.4 Å². The number of oxazole rings is 2. The van der Waals surface area contributed by atoms with Crippen LogP contribution < -0.4 is 0 Å². The highest BCUT2D eigenvalue weighted by Gasteiger charge is 2.38. The summed E-state index contributed by atoms with van der Waals surface area (Å²) in [5, 5.41) is 0. The van der Waals surface area contributed by atoms with Crippen molar-refractivity contribution in [3.8, 4) is 0 Å². The number of Topliss-reactive ketones (excluding diaryl/α,β-unsaturated/α-hetero) is 2. The van der Waals surface area contributed by atoms with Gasteiger partial charge in [-0.05, 0) is 99.5 Å². The maximum absolute atomic E-state index is 13.8. The smallest absolute Gasteiger partial charge is 0.263 e. The summed E-state index contributed by atoms with van der Waals surface area (Å²) in [5.41, 5.74) is 0.984. The number of ketones is 2. The van der Waals surface area contributed by atoms with Crippen molar-refractivity contribution in [1.82, 2.24) is 18.6 Å². The highest BCUT2D eigenvalue weighted by Crippen LogP contribution is 2.36. The zero-order valence-electron chi connectivity index (χ0n) is 29.5. The molecule has 2 unspecified atom stereocenters. The number of benzene rings is 2. The number of aryl methyl sites for hydroxylation is 1. The van der Waals surface area contributed by atoms with Crippen LogP contribution in [0.25, 0.3) is 0 Å². The van der Waals surface area contributed by atoms with Crippen molar-refractivity contribution in [2.45, 2.75) is 62.7 Å². The molecule has 0 bridgehead atoms. The normalized spacial score (nSPS) is 18.1. The molecule has 2 aliphatic rings. The zero-order chi connectivity index (χ0) is 37.4. The monoisotopic (exact) mass is 768 g/mol. The Balaban J connectivity index is 1.08. The lowest BCUT2D eigenvalue weighted by atomic mass is 9.76. The first-order valence-corrected chi connectivity index (χ1v) is 21.2. The molecule has 0 radical (unpaired) electrons. The second-order valence-electron chi connectivity index (χ2n) is 14.0. The molecule has 4 heterocycles. The summed E-state index contributed by atoms with van der Waals surface area (Å²) < 4.78 is 79.9. The number of nitrogens with zero attached hydrogens (tertiary/aromatic N) is 4. The van der Waals surface area contributed by atoms with Gasteiger partial charge in [-0.3, -0.25) is 9.59 Å². The topological polar surface area (TPSA) is 161 Å². The van der Waals surface area contributed by atoms with Gasteiger partial charge in [0.25, 0.3) is 11.8 Å². The molecule has 0 N–H and O–H groups in total. The molecular weight excluding hydrogens is 724 g/mol. The molecule has 15 heteroatoms. The van der Waals surface area contributed by atoms with Crippen LogP contribution in [0.15, 0.2) is 93.2 Å². The molecule has 0 amide bonds. The van der Waals surface area contributed by atoms with Gasteiger partial charge in [-0.15, -0.1) is 0 Å². The third-order valence-corrected chi connectivity index (χ3v) is 14.5. The van der Waals surface area contributed by atoms with E-state index in [9.17, 15) is 30.8 Å². The minimum atomic E-state index is -3.85. The summed E-state index contributed by atoms with van der Waals surface area (Å²) in [7, 11) is -7.24. The summed E-state index contributed by atoms with van der Waals surface area (Å²) in [6, 6.07) is 14.3. The maximum atomic E-state index is 13.8. The van der Waals surface area contributed by atoms with E-state index in [1.54, 1.807) is 4.31 Å². The number of hydrogen-bond donors (Lipinski definition) is 0. The van der Waals surface area contributed by atoms with Crippen molar-refractivity contribution in [1.29, 1.82) is 0 Å². The van der Waals surface area contributed by atoms with E-state index < -0.39 is 37.7 Å². The van der Waals surface area contributed by atoms with Crippen LogP contribution in [0.4, 0.5) is 4.39 Å². The minimum Gasteiger partial charge on any atom is -0.442 e. The molecule has 2 aromatic carbocycles. The maximum Gasteiger partial charge on any atom is 0.263 e. The Hall–Kier alpha value is -4.05. The molecule has 0 spiro atoms. The van der Waals surface area contributed by atoms with E-state index in [2.05, 4.69) is 9.97 Å². The second-order valence-corrected chi connectivity index (χ2v) is 18.0. The van der Waals surface area contributed by atoms with Gasteiger partial charge < -0.3 is 8.83 Å². The molecule has 6 rings (SSSR count). The molecule has 2 atom stereocenters. The van der Waals surface area contributed by atoms with Crippen LogP contribution in [0.5, 0.6) is 0 Å². The number of piperidine rings is 2. The number of halogens is 1. The third-order valence-electron chi connectivity index (χ3n) is 10.7. The van der Waals surface area contributed by atoms with Gasteiger partial charge in [-0.25, -0.2) is 35.5 Å². The molecule has 12 nitrogen and oxygen atoms in total. The van der Waals surface area contributed by atoms with Gasteiger partial charge in [-0.2, -0.15) is 4.31 Å². The number of sulfonamides is 2. The van der Waals surface area contributed by atoms with Crippen molar-refractivity contribution in [2.75, 3.05) is 31.9 Å². The van der Waals surface area contributed by atoms with Crippen LogP contribution in [-0.4, -0.2) is 78.9 Å². The SMILES string of the molecule is O=C(c1ncco1)C(CCC1CCN(S(=O)(=O)CCc2ccccc2)CC1)CCC(C(=O)c1ncco1)C1CCN(S(=O)(=O)c2ccc(F)cc2)CC1. The van der Waals surface area contributed by atoms with E-state index >= 15 is 0 Å². The summed E-state index contributed by atoms with van der Waals surface area (Å²) in [6.07, 6.45) is 10.1. The Morgan fingerprint density at radius 2 is 1.36 bits per heavy atom. The minimum absolute atomic E-state index is 0.00390. The molecule has 53 heavy (non-hydrogen) atoms. The fourth-order valence-electron chi connectivity index (χ4n) is 7.60. The van der Waals surface area contributed by atoms with Crippen LogP contribution in [0.2, 0.25) is 0 Å². The molecule has 2 saturated heterocycles. The molecule has 2 aromatic heterocycles. The second kappa shape index (κ2) is 17.4. The van der Waals surface area contributed by atoms with Crippen LogP contribution in [0.3, 0.4) is 0 Å². The summed E-state index contributed by atoms with van der Waals surface area (Å²) in [5.74, 6) is -2.08. The average Bonchev–Trinajstić information content (AvgIpc) is 3.92. The van der Waals surface area contributed by atoms with Gasteiger partial charge in [0.15, 0.2) is 0 Å². The predicted octanol–water partition coefficient (Wildman–Crippen LogP) is 6.05. The Labute approximate surface area is 309 Å². The number of aromatic nitrogens is 2. The van der Waals surface area contributed by atoms with Gasteiger partial charge in [0.2, 0.25) is 31.6 Å². The van der Waals surface area contributed by atoms with Crippen molar-refractivity contribution in [3.05, 3.63) is 103 Å². The molecule has 0 saturated carbocycles. The van der Waals surface area contributed by atoms with Crippen molar-refractivity contribution < 1.29 is 39.6 Å². The number of rotatable bonds is 17. The van der Waals surface area contributed by atoms with Gasteiger partial charge in [0.05, 0.1) is 23.0 Å². The largest absolute Gasteiger partial charge is 0.442 e. The van der Waals surface area contributed by atoms with Crippen LogP contribution in [0.1, 0.15) is 78.3 Å². The highest BCUT2D eigenvalue weighted by molar-refractivity contribution is 7.89. The standard InChI is InChI=1S/C38H45FN4O8S2/c39-32-9-11-33(12-10-32)53(48,49)43-23-16-30(17-24-43)34(36(45)38-41-20-26-51-38)13-8-31(35(44)37-40-19-25-50-37)7-6-29-14-21-42(22-15-29)52(46,47)27-18-28-4-2-1-3-5-28/h1-5,9-12,19-20,25-26,29-31,34H,6-8,13-18,21-24,27H2. The first kappa shape index (κ1) is 38.7. The number of hydrogen-bond acceptors (Lipinski definition) is 10. The van der Waals surface area contributed by atoms with Crippen LogP contribution in [0, 0.1) is 29.5 Å². The van der Waals surface area contributed by atoms with Crippen molar-refractivity contribution in [3.63, 3.8) is 0 Å². The van der Waals surface area contributed by atoms with Crippen LogP contribution in [-0.2, 0) is 26.5 Å². The van der Waals surface area contributed by atoms with E-state index in [-0.39, 0.29) is 58.9 Å². The van der Waals surface area contributed by atoms with Crippen molar-refractivity contribution in [2.24, 2.45) is 23.7 Å². The number of carbonyl (C=O) groups is 2. The third kappa shape index (κ3) is 9.74. The molecular formula is C38H45FN4O8S2. The fraction of sp³-hybridized carbons (Fsp3) is 0.474. The predicted molar refractivity (Wildman–Crippen MR) is 193 cm³/mol. The lowest BCUT2D eigenvalue weighted by Crippen LogP contribution is -2.41. The van der Waals surface area contributed by atoms with Gasteiger partial charge in [-0.1, -0.05) is 30.3 Å². The van der Waals surface area contributed by atoms with Gasteiger partial charge >= 0.3 is 0 Å². The summed E-state index contributed by atoms with van der Waals surface area (Å²) in [4.78, 5) is 35.7. The molecule has 4 aromatic rings. The lowest BCUT2D eigenvalue weighted by molar-refractivity contribution is 0.0745. The Morgan fingerprint density at radius 1 is 0.755 bits per heavy atom. The first-order valence-electron chi connectivity index (χ1n) is 18.2. The van der Waals surface area contributed by atoms with E-state index in [0.29, 0.717) is 70.9 Å². The van der Waals surface area contributed by atoms with Crippen LogP contribution >= 0.6 is 0 Å². The van der Waals surface area contributed by atoms with Gasteiger partial charge in [0.1, 0.15) is 18.3 Å². The Kier molecular flexibility index (Phi) is 12.7. The molecule has 0 aliphatic carbocycles. The Morgan fingerprint density at radius 3 is 1.96 bits per heavy atom. The molecule has 284 valence electrons. The van der Waals surface area contributed by atoms with E-state index in [1.807, 2.05) is 30.3 Å². The highest BCUT2D eigenvalue weighted by atomic mass is 32.2. The van der Waals surface area contributed by atoms with Gasteiger partial charge in [0, 0.05) is 38.0 Å². The molecule has 2 aliphatic heterocycles. The quantitative estimate of drug-likeness (QED) is 0.116. The summed E-state index contributed by atoms with van der Waals surface area (Å²) in [6.45, 7) is 1.23. The first-order chi connectivity index (χ1) is 25.5. The molecule has 2 fully saturated rings. The number of carbonyl (C=O) groups excluding carboxylic acids is 2. The lowest BCUT2D eigenvalue weighted by Gasteiger charge is -2.35. The fourth-order valence-corrected chi connectivity index (χ4v) is 10.6. The Bertz CT molecular complexity index is 1990. The average molecular weight is 769 g/mol. The van der Waals surface area contributed by atoms with E-state index in [4.69, 9.17) is 8.83 Å². The van der Waals surface area contributed by atoms with E-state index in [0.717, 1.165) is 17.7 Å². The summed E-state index contributed by atoms with van der Waals surface area (Å²) >= 11 is 0. The van der Waals surface area contributed by atoms with Crippen molar-refractivity contribution >= 4 is 31.6 Å².